The smallest absolute Gasteiger partial charge is 0.164 e. The van der Waals surface area contributed by atoms with E-state index in [1.807, 2.05) is 60.7 Å². The van der Waals surface area contributed by atoms with Crippen LogP contribution in [0.1, 0.15) is 0 Å². The summed E-state index contributed by atoms with van der Waals surface area (Å²) in [6.07, 6.45) is 0. The molecule has 5 heteroatoms. The third-order valence-electron chi connectivity index (χ3n) is 12.2. The molecule has 9 aromatic carbocycles. The van der Waals surface area contributed by atoms with E-state index in [0.29, 0.717) is 17.5 Å². The van der Waals surface area contributed by atoms with Gasteiger partial charge in [0.15, 0.2) is 17.5 Å². The normalized spacial score (nSPS) is 11.7. The highest BCUT2D eigenvalue weighted by Crippen LogP contribution is 2.55. The van der Waals surface area contributed by atoms with Crippen LogP contribution in [0.4, 0.5) is 17.1 Å². The van der Waals surface area contributed by atoms with Crippen LogP contribution in [0, 0.1) is 0 Å². The quantitative estimate of drug-likeness (QED) is 0.161. The number of benzene rings is 9. The second-order valence-electron chi connectivity index (χ2n) is 16.0. The van der Waals surface area contributed by atoms with E-state index >= 15 is 0 Å². The van der Waals surface area contributed by atoms with E-state index in [-0.39, 0.29) is 0 Å². The Morgan fingerprint density at radius 3 is 1.39 bits per heavy atom. The Balaban J connectivity index is 1.02. The second kappa shape index (κ2) is 15.7. The van der Waals surface area contributed by atoms with Crippen molar-refractivity contribution in [3.05, 3.63) is 237 Å². The minimum absolute atomic E-state index is 0.630. The van der Waals surface area contributed by atoms with E-state index in [4.69, 9.17) is 15.0 Å². The summed E-state index contributed by atoms with van der Waals surface area (Å²) in [6.45, 7) is 0. The van der Waals surface area contributed by atoms with Crippen LogP contribution >= 0.6 is 0 Å². The Kier molecular flexibility index (Phi) is 9.08. The zero-order valence-corrected chi connectivity index (χ0v) is 34.8. The van der Waals surface area contributed by atoms with Crippen molar-refractivity contribution in [3.63, 3.8) is 0 Å². The van der Waals surface area contributed by atoms with Gasteiger partial charge in [-0.1, -0.05) is 176 Å². The number of aromatic nitrogens is 4. The van der Waals surface area contributed by atoms with Gasteiger partial charge in [-0.05, 0) is 82.9 Å². The second-order valence-corrected chi connectivity index (χ2v) is 16.0. The maximum absolute atomic E-state index is 5.02. The average Bonchev–Trinajstić information content (AvgIpc) is 3.66. The predicted octanol–water partition coefficient (Wildman–Crippen LogP) is 15.3. The van der Waals surface area contributed by atoms with Gasteiger partial charge in [-0.3, -0.25) is 0 Å². The number of rotatable bonds is 7. The largest absolute Gasteiger partial charge is 0.309 e. The first-order valence-corrected chi connectivity index (χ1v) is 21.6. The molecule has 0 unspecified atom stereocenters. The molecular formula is C59H39N5. The van der Waals surface area contributed by atoms with E-state index in [1.165, 1.54) is 33.3 Å². The summed E-state index contributed by atoms with van der Waals surface area (Å²) in [6, 6.07) is 83.7. The van der Waals surface area contributed by atoms with Gasteiger partial charge in [-0.15, -0.1) is 0 Å². The molecular weight excluding hydrogens is 779 g/mol. The number of para-hydroxylation sites is 4. The maximum atomic E-state index is 5.02. The van der Waals surface area contributed by atoms with Crippen molar-refractivity contribution in [2.45, 2.75) is 0 Å². The van der Waals surface area contributed by atoms with Gasteiger partial charge < -0.3 is 9.47 Å². The van der Waals surface area contributed by atoms with Crippen molar-refractivity contribution >= 4 is 28.0 Å². The highest BCUT2D eigenvalue weighted by Gasteiger charge is 2.31. The summed E-state index contributed by atoms with van der Waals surface area (Å²) >= 11 is 0. The van der Waals surface area contributed by atoms with E-state index in [0.717, 1.165) is 61.7 Å². The van der Waals surface area contributed by atoms with E-state index in [2.05, 4.69) is 185 Å². The Labute approximate surface area is 371 Å². The minimum atomic E-state index is 0.630. The molecule has 0 aliphatic carbocycles. The molecule has 12 rings (SSSR count). The van der Waals surface area contributed by atoms with Crippen molar-refractivity contribution in [3.8, 4) is 84.5 Å². The summed E-state index contributed by atoms with van der Waals surface area (Å²) in [5.41, 5.74) is 17.7. The molecule has 0 bridgehead atoms. The van der Waals surface area contributed by atoms with E-state index < -0.39 is 0 Å². The molecule has 2 aromatic heterocycles. The zero-order valence-electron chi connectivity index (χ0n) is 34.8. The van der Waals surface area contributed by atoms with Crippen LogP contribution in [-0.4, -0.2) is 19.5 Å². The maximum Gasteiger partial charge on any atom is 0.164 e. The highest BCUT2D eigenvalue weighted by atomic mass is 15.2. The lowest BCUT2D eigenvalue weighted by molar-refractivity contribution is 1.07. The van der Waals surface area contributed by atoms with Crippen LogP contribution < -0.4 is 4.90 Å². The molecule has 0 amide bonds. The molecule has 0 radical (unpaired) electrons. The first-order valence-electron chi connectivity index (χ1n) is 21.6. The first-order chi connectivity index (χ1) is 31.7. The molecule has 0 saturated heterocycles. The SMILES string of the molecule is c1ccc(-c2nc(-c3ccccc3)nc(-c3cccc(-c4cccc(-c5ccc6c(c5)-c5c(n(-c7ccccc7)c7ccccc57)-c5ccccc5N6c5ccccc5)c4)c3)n2)cc1. The monoisotopic (exact) mass is 817 g/mol. The molecule has 0 N–H and O–H groups in total. The topological polar surface area (TPSA) is 46.8 Å². The molecule has 0 fully saturated rings. The fraction of sp³-hybridized carbons (Fsp3) is 0. The molecule has 300 valence electrons. The molecule has 1 aliphatic rings. The predicted molar refractivity (Wildman–Crippen MR) is 263 cm³/mol. The van der Waals surface area contributed by atoms with Crippen molar-refractivity contribution in [1.82, 2.24) is 19.5 Å². The molecule has 5 nitrogen and oxygen atoms in total. The first kappa shape index (κ1) is 37.1. The van der Waals surface area contributed by atoms with Gasteiger partial charge in [0.1, 0.15) is 0 Å². The molecule has 0 spiro atoms. The number of anilines is 3. The van der Waals surface area contributed by atoms with Crippen molar-refractivity contribution in [1.29, 1.82) is 0 Å². The van der Waals surface area contributed by atoms with E-state index in [9.17, 15) is 0 Å². The lowest BCUT2D eigenvalue weighted by atomic mass is 9.93. The molecule has 0 atom stereocenters. The summed E-state index contributed by atoms with van der Waals surface area (Å²) in [4.78, 5) is 17.4. The molecule has 1 aliphatic heterocycles. The van der Waals surface area contributed by atoms with Crippen LogP contribution in [0.2, 0.25) is 0 Å². The fourth-order valence-corrected chi connectivity index (χ4v) is 9.23. The molecule has 64 heavy (non-hydrogen) atoms. The number of fused-ring (bicyclic) bond motifs is 7. The Morgan fingerprint density at radius 1 is 0.297 bits per heavy atom. The highest BCUT2D eigenvalue weighted by molar-refractivity contribution is 6.13. The van der Waals surface area contributed by atoms with Gasteiger partial charge in [0.2, 0.25) is 0 Å². The molecule has 0 saturated carbocycles. The number of hydrogen-bond acceptors (Lipinski definition) is 4. The standard InChI is InChI=1S/C59H39N5/c1-5-19-40(20-6-1)57-60-58(41-21-7-2-8-22-41)62-59(61-57)46-26-18-25-44(38-46)42-23-17-24-43(37-42)45-35-36-54-51(39-45)55-49-31-13-15-33-52(49)64(48-29-11-4-12-30-48)56(55)50-32-14-16-34-53(50)63(54)47-27-9-3-10-28-47/h1-39H. The van der Waals surface area contributed by atoms with Gasteiger partial charge >= 0.3 is 0 Å². The summed E-state index contributed by atoms with van der Waals surface area (Å²) in [5, 5.41) is 1.21. The minimum Gasteiger partial charge on any atom is -0.309 e. The summed E-state index contributed by atoms with van der Waals surface area (Å²) < 4.78 is 2.44. The fourth-order valence-electron chi connectivity index (χ4n) is 9.23. The van der Waals surface area contributed by atoms with Gasteiger partial charge in [0.05, 0.1) is 22.6 Å². The van der Waals surface area contributed by atoms with Crippen LogP contribution in [0.5, 0.6) is 0 Å². The van der Waals surface area contributed by atoms with Crippen molar-refractivity contribution in [2.75, 3.05) is 4.90 Å². The number of hydrogen-bond donors (Lipinski definition) is 0. The lowest BCUT2D eigenvalue weighted by Crippen LogP contribution is -2.11. The zero-order chi connectivity index (χ0) is 42.4. The third kappa shape index (κ3) is 6.46. The van der Waals surface area contributed by atoms with Gasteiger partial charge in [0, 0.05) is 50.1 Å². The Hall–Kier alpha value is -8.67. The Bertz CT molecular complexity index is 3430. The van der Waals surface area contributed by atoms with E-state index in [1.54, 1.807) is 0 Å². The summed E-state index contributed by atoms with van der Waals surface area (Å²) in [7, 11) is 0. The van der Waals surface area contributed by atoms with Crippen molar-refractivity contribution in [2.24, 2.45) is 0 Å². The number of nitrogens with zero attached hydrogens (tertiary/aromatic N) is 5. The van der Waals surface area contributed by atoms with Crippen LogP contribution in [0.25, 0.3) is 95.4 Å². The van der Waals surface area contributed by atoms with Gasteiger partial charge in [-0.2, -0.15) is 0 Å². The molecule has 11 aromatic rings. The summed E-state index contributed by atoms with van der Waals surface area (Å²) in [5.74, 6) is 1.92. The molecule has 3 heterocycles. The van der Waals surface area contributed by atoms with Gasteiger partial charge in [0.25, 0.3) is 0 Å². The van der Waals surface area contributed by atoms with Crippen molar-refractivity contribution < 1.29 is 0 Å². The van der Waals surface area contributed by atoms with Crippen LogP contribution in [0.3, 0.4) is 0 Å². The van der Waals surface area contributed by atoms with Crippen LogP contribution in [-0.2, 0) is 0 Å². The van der Waals surface area contributed by atoms with Crippen LogP contribution in [0.15, 0.2) is 237 Å². The van der Waals surface area contributed by atoms with Gasteiger partial charge in [-0.25, -0.2) is 15.0 Å². The lowest BCUT2D eigenvalue weighted by Gasteiger charge is -2.28. The third-order valence-corrected chi connectivity index (χ3v) is 12.2. The Morgan fingerprint density at radius 2 is 0.750 bits per heavy atom. The average molecular weight is 818 g/mol.